The molecule has 3 aliphatic rings. The molecule has 0 spiro atoms. The average molecular weight is 314 g/mol. The van der Waals surface area contributed by atoms with E-state index in [9.17, 15) is 4.79 Å². The number of hydrogen-bond acceptors (Lipinski definition) is 3. The van der Waals surface area contributed by atoms with Crippen molar-refractivity contribution in [3.8, 4) is 0 Å². The molecule has 0 aromatic heterocycles. The minimum absolute atomic E-state index is 0.184. The Morgan fingerprint density at radius 3 is 2.65 bits per heavy atom. The maximum absolute atomic E-state index is 12.9. The summed E-state index contributed by atoms with van der Waals surface area (Å²) < 4.78 is 5.74. The molecule has 2 saturated heterocycles. The van der Waals surface area contributed by atoms with Gasteiger partial charge in [0, 0.05) is 44.8 Å². The van der Waals surface area contributed by atoms with Gasteiger partial charge in [0.15, 0.2) is 0 Å². The van der Waals surface area contributed by atoms with E-state index in [1.807, 2.05) is 37.4 Å². The molecule has 1 saturated carbocycles. The third-order valence-electron chi connectivity index (χ3n) is 5.74. The van der Waals surface area contributed by atoms with Crippen LogP contribution in [0.25, 0.3) is 0 Å². The van der Waals surface area contributed by atoms with Gasteiger partial charge in [0.25, 0.3) is 5.91 Å². The quantitative estimate of drug-likeness (QED) is 0.854. The van der Waals surface area contributed by atoms with Gasteiger partial charge < -0.3 is 14.5 Å². The Morgan fingerprint density at radius 1 is 1.17 bits per heavy atom. The highest BCUT2D eigenvalue weighted by atomic mass is 16.5. The van der Waals surface area contributed by atoms with E-state index in [0.717, 1.165) is 37.5 Å². The topological polar surface area (TPSA) is 32.8 Å². The largest absolute Gasteiger partial charge is 0.381 e. The predicted octanol–water partition coefficient (Wildman–Crippen LogP) is 2.26. The van der Waals surface area contributed by atoms with Gasteiger partial charge in [0.1, 0.15) is 0 Å². The highest BCUT2D eigenvalue weighted by Gasteiger charge is 2.46. The number of ether oxygens (including phenoxy) is 1. The SMILES string of the molecule is CO[C@H]1CCN(C(=O)c2ccccc2)[C@@H]2CN(CC3CC3)C[C@H]12. The van der Waals surface area contributed by atoms with Crippen molar-refractivity contribution in [1.82, 2.24) is 9.80 Å². The zero-order valence-corrected chi connectivity index (χ0v) is 13.9. The van der Waals surface area contributed by atoms with Crippen molar-refractivity contribution in [2.75, 3.05) is 33.3 Å². The lowest BCUT2D eigenvalue weighted by atomic mass is 9.88. The van der Waals surface area contributed by atoms with Crippen LogP contribution < -0.4 is 0 Å². The second-order valence-electron chi connectivity index (χ2n) is 7.32. The molecule has 0 radical (unpaired) electrons. The van der Waals surface area contributed by atoms with Crippen molar-refractivity contribution >= 4 is 5.91 Å². The van der Waals surface area contributed by atoms with E-state index in [4.69, 9.17) is 4.74 Å². The summed E-state index contributed by atoms with van der Waals surface area (Å²) in [5, 5.41) is 0. The second-order valence-corrected chi connectivity index (χ2v) is 7.32. The maximum atomic E-state index is 12.9. The van der Waals surface area contributed by atoms with E-state index >= 15 is 0 Å². The fraction of sp³-hybridized carbons (Fsp3) is 0.632. The summed E-state index contributed by atoms with van der Waals surface area (Å²) in [5.74, 6) is 1.54. The summed E-state index contributed by atoms with van der Waals surface area (Å²) in [4.78, 5) is 17.6. The van der Waals surface area contributed by atoms with Crippen molar-refractivity contribution in [3.05, 3.63) is 35.9 Å². The number of likely N-dealkylation sites (tertiary alicyclic amines) is 2. The van der Waals surface area contributed by atoms with Gasteiger partial charge in [-0.3, -0.25) is 4.79 Å². The van der Waals surface area contributed by atoms with E-state index in [1.54, 1.807) is 0 Å². The molecule has 1 amide bonds. The number of carbonyl (C=O) groups excluding carboxylic acids is 1. The first-order valence-corrected chi connectivity index (χ1v) is 8.87. The van der Waals surface area contributed by atoms with Gasteiger partial charge in [0.2, 0.25) is 0 Å². The first kappa shape index (κ1) is 15.2. The number of methoxy groups -OCH3 is 1. The Labute approximate surface area is 138 Å². The molecular formula is C19H26N2O2. The number of carbonyl (C=O) groups is 1. The van der Waals surface area contributed by atoms with Gasteiger partial charge in [-0.2, -0.15) is 0 Å². The zero-order valence-electron chi connectivity index (χ0n) is 13.9. The van der Waals surface area contributed by atoms with Crippen LogP contribution in [-0.4, -0.2) is 61.1 Å². The van der Waals surface area contributed by atoms with E-state index in [0.29, 0.717) is 18.1 Å². The lowest BCUT2D eigenvalue weighted by molar-refractivity contribution is -0.0156. The van der Waals surface area contributed by atoms with Crippen molar-refractivity contribution in [3.63, 3.8) is 0 Å². The van der Waals surface area contributed by atoms with Crippen LogP contribution in [0.1, 0.15) is 29.6 Å². The number of fused-ring (bicyclic) bond motifs is 1. The first-order chi connectivity index (χ1) is 11.3. The molecule has 1 aromatic carbocycles. The van der Waals surface area contributed by atoms with Crippen LogP contribution in [0.4, 0.5) is 0 Å². The second kappa shape index (κ2) is 6.25. The summed E-state index contributed by atoms with van der Waals surface area (Å²) in [6, 6.07) is 10.0. The monoisotopic (exact) mass is 314 g/mol. The van der Waals surface area contributed by atoms with E-state index in [1.165, 1.54) is 19.4 Å². The third kappa shape index (κ3) is 3.02. The average Bonchev–Trinajstić information content (AvgIpc) is 3.30. The highest BCUT2D eigenvalue weighted by Crippen LogP contribution is 2.36. The van der Waals surface area contributed by atoms with Gasteiger partial charge in [-0.1, -0.05) is 18.2 Å². The summed E-state index contributed by atoms with van der Waals surface area (Å²) in [6.07, 6.45) is 4.01. The van der Waals surface area contributed by atoms with E-state index < -0.39 is 0 Å². The number of rotatable bonds is 4. The van der Waals surface area contributed by atoms with Crippen molar-refractivity contribution < 1.29 is 9.53 Å². The number of nitrogens with zero attached hydrogens (tertiary/aromatic N) is 2. The first-order valence-electron chi connectivity index (χ1n) is 8.87. The molecule has 4 nitrogen and oxygen atoms in total. The number of piperidine rings is 1. The van der Waals surface area contributed by atoms with Crippen LogP contribution in [0.3, 0.4) is 0 Å². The molecule has 2 heterocycles. The molecule has 1 aliphatic carbocycles. The van der Waals surface area contributed by atoms with Gasteiger partial charge in [-0.25, -0.2) is 0 Å². The lowest BCUT2D eigenvalue weighted by Gasteiger charge is -2.41. The zero-order chi connectivity index (χ0) is 15.8. The molecule has 3 fully saturated rings. The molecule has 4 rings (SSSR count). The Balaban J connectivity index is 1.52. The fourth-order valence-electron chi connectivity index (χ4n) is 4.34. The molecule has 124 valence electrons. The molecule has 23 heavy (non-hydrogen) atoms. The number of hydrogen-bond donors (Lipinski definition) is 0. The summed E-state index contributed by atoms with van der Waals surface area (Å²) in [7, 11) is 1.82. The number of benzene rings is 1. The van der Waals surface area contributed by atoms with Crippen molar-refractivity contribution in [2.24, 2.45) is 11.8 Å². The smallest absolute Gasteiger partial charge is 0.254 e. The van der Waals surface area contributed by atoms with E-state index in [2.05, 4.69) is 9.80 Å². The van der Waals surface area contributed by atoms with Gasteiger partial charge in [-0.15, -0.1) is 0 Å². The molecule has 1 aromatic rings. The van der Waals surface area contributed by atoms with Crippen LogP contribution in [0.5, 0.6) is 0 Å². The van der Waals surface area contributed by atoms with Gasteiger partial charge in [-0.05, 0) is 37.3 Å². The molecule has 4 heteroatoms. The summed E-state index contributed by atoms with van der Waals surface area (Å²) in [5.41, 5.74) is 0.808. The Bertz CT molecular complexity index is 558. The predicted molar refractivity (Wildman–Crippen MR) is 89.3 cm³/mol. The molecule has 0 N–H and O–H groups in total. The van der Waals surface area contributed by atoms with Gasteiger partial charge in [0.05, 0.1) is 12.1 Å². The van der Waals surface area contributed by atoms with Crippen molar-refractivity contribution in [1.29, 1.82) is 0 Å². The Kier molecular flexibility index (Phi) is 4.12. The minimum Gasteiger partial charge on any atom is -0.381 e. The maximum Gasteiger partial charge on any atom is 0.254 e. The standard InChI is InChI=1S/C19H26N2O2/c1-23-18-9-10-21(19(22)15-5-3-2-4-6-15)17-13-20(12-16(17)18)11-14-7-8-14/h2-6,14,16-18H,7-13H2,1H3/t16-,17+,18-/m0/s1. The molecule has 3 atom stereocenters. The normalized spacial score (nSPS) is 31.2. The Hall–Kier alpha value is -1.39. The number of amides is 1. The Morgan fingerprint density at radius 2 is 1.96 bits per heavy atom. The minimum atomic E-state index is 0.184. The summed E-state index contributed by atoms with van der Waals surface area (Å²) >= 11 is 0. The third-order valence-corrected chi connectivity index (χ3v) is 5.74. The summed E-state index contributed by atoms with van der Waals surface area (Å²) in [6.45, 7) is 4.11. The molecule has 0 unspecified atom stereocenters. The fourth-order valence-corrected chi connectivity index (χ4v) is 4.34. The molecule has 2 aliphatic heterocycles. The molecular weight excluding hydrogens is 288 g/mol. The van der Waals surface area contributed by atoms with Crippen LogP contribution in [0.2, 0.25) is 0 Å². The van der Waals surface area contributed by atoms with Crippen LogP contribution in [0.15, 0.2) is 30.3 Å². The molecule has 0 bridgehead atoms. The van der Waals surface area contributed by atoms with Crippen LogP contribution in [-0.2, 0) is 4.74 Å². The van der Waals surface area contributed by atoms with E-state index in [-0.39, 0.29) is 5.91 Å². The van der Waals surface area contributed by atoms with Crippen LogP contribution >= 0.6 is 0 Å². The van der Waals surface area contributed by atoms with Crippen LogP contribution in [0, 0.1) is 11.8 Å². The highest BCUT2D eigenvalue weighted by molar-refractivity contribution is 5.94. The van der Waals surface area contributed by atoms with Gasteiger partial charge >= 0.3 is 0 Å². The van der Waals surface area contributed by atoms with Crippen molar-refractivity contribution in [2.45, 2.75) is 31.4 Å². The lowest BCUT2D eigenvalue weighted by Crippen LogP contribution is -2.53.